The molecule has 14 heavy (non-hydrogen) atoms. The van der Waals surface area contributed by atoms with Gasteiger partial charge < -0.3 is 10.6 Å². The first kappa shape index (κ1) is 10.9. The number of rotatable bonds is 5. The van der Waals surface area contributed by atoms with Gasteiger partial charge in [0, 0.05) is 26.8 Å². The summed E-state index contributed by atoms with van der Waals surface area (Å²) in [5.74, 6) is 0.892. The lowest BCUT2D eigenvalue weighted by Gasteiger charge is -2.16. The highest BCUT2D eigenvalue weighted by atomic mass is 15.3. The van der Waals surface area contributed by atoms with Crippen LogP contribution in [0.2, 0.25) is 0 Å². The number of hydrogen-bond acceptors (Lipinski definition) is 3. The number of anilines is 2. The molecule has 0 atom stereocenters. The Hall–Kier alpha value is -1.19. The zero-order valence-corrected chi connectivity index (χ0v) is 9.32. The summed E-state index contributed by atoms with van der Waals surface area (Å²) in [5, 5.41) is 4.31. The number of aromatic nitrogens is 2. The lowest BCUT2D eigenvalue weighted by atomic mass is 10.2. The van der Waals surface area contributed by atoms with E-state index < -0.39 is 0 Å². The molecular weight excluding hydrogens is 176 g/mol. The molecule has 80 valence electrons. The van der Waals surface area contributed by atoms with Crippen LogP contribution in [-0.2, 0) is 7.05 Å². The van der Waals surface area contributed by atoms with Crippen LogP contribution in [0.3, 0.4) is 0 Å². The Bertz CT molecular complexity index is 280. The number of aryl methyl sites for hydroxylation is 1. The van der Waals surface area contributed by atoms with Crippen LogP contribution >= 0.6 is 0 Å². The van der Waals surface area contributed by atoms with Crippen LogP contribution in [-0.4, -0.2) is 23.4 Å². The highest BCUT2D eigenvalue weighted by Crippen LogP contribution is 2.18. The summed E-state index contributed by atoms with van der Waals surface area (Å²) in [6.45, 7) is 3.23. The summed E-state index contributed by atoms with van der Waals surface area (Å²) in [6.07, 6.45) is 5.54. The molecule has 1 aromatic heterocycles. The van der Waals surface area contributed by atoms with Crippen molar-refractivity contribution in [2.45, 2.75) is 26.2 Å². The molecule has 4 nitrogen and oxygen atoms in total. The van der Waals surface area contributed by atoms with Crippen molar-refractivity contribution in [2.24, 2.45) is 7.05 Å². The van der Waals surface area contributed by atoms with E-state index in [-0.39, 0.29) is 0 Å². The van der Waals surface area contributed by atoms with Gasteiger partial charge in [-0.25, -0.2) is 0 Å². The Morgan fingerprint density at radius 2 is 2.21 bits per heavy atom. The molecule has 0 aromatic carbocycles. The summed E-state index contributed by atoms with van der Waals surface area (Å²) in [5.41, 5.74) is 6.58. The zero-order valence-electron chi connectivity index (χ0n) is 9.32. The van der Waals surface area contributed by atoms with Gasteiger partial charge in [-0.2, -0.15) is 5.10 Å². The van der Waals surface area contributed by atoms with Crippen LogP contribution in [0.4, 0.5) is 11.5 Å². The Labute approximate surface area is 85.7 Å². The topological polar surface area (TPSA) is 47.1 Å². The fraction of sp³-hybridized carbons (Fsp3) is 0.700. The van der Waals surface area contributed by atoms with Gasteiger partial charge in [0.1, 0.15) is 0 Å². The second-order valence-electron chi connectivity index (χ2n) is 3.71. The molecule has 0 aliphatic carbocycles. The Morgan fingerprint density at radius 3 is 2.71 bits per heavy atom. The largest absolute Gasteiger partial charge is 0.394 e. The van der Waals surface area contributed by atoms with Crippen LogP contribution in [0.1, 0.15) is 26.2 Å². The van der Waals surface area contributed by atoms with Crippen molar-refractivity contribution in [3.8, 4) is 0 Å². The molecule has 1 aromatic rings. The number of nitrogens with two attached hydrogens (primary N) is 1. The van der Waals surface area contributed by atoms with E-state index in [1.54, 1.807) is 4.68 Å². The predicted octanol–water partition coefficient (Wildman–Crippen LogP) is 1.63. The Morgan fingerprint density at radius 1 is 1.50 bits per heavy atom. The zero-order chi connectivity index (χ0) is 10.6. The maximum Gasteiger partial charge on any atom is 0.173 e. The average molecular weight is 196 g/mol. The quantitative estimate of drug-likeness (QED) is 0.728. The van der Waals surface area contributed by atoms with E-state index in [0.717, 1.165) is 18.1 Å². The summed E-state index contributed by atoms with van der Waals surface area (Å²) in [4.78, 5) is 2.12. The van der Waals surface area contributed by atoms with Gasteiger partial charge in [0.25, 0.3) is 0 Å². The second kappa shape index (κ2) is 4.88. The van der Waals surface area contributed by atoms with E-state index in [9.17, 15) is 0 Å². The first-order valence-corrected chi connectivity index (χ1v) is 5.15. The number of nitrogen functional groups attached to an aromatic ring is 1. The minimum Gasteiger partial charge on any atom is -0.394 e. The molecule has 0 saturated heterocycles. The number of nitrogens with zero attached hydrogens (tertiary/aromatic N) is 3. The van der Waals surface area contributed by atoms with Crippen LogP contribution in [0.5, 0.6) is 0 Å². The van der Waals surface area contributed by atoms with Gasteiger partial charge in [0.15, 0.2) is 5.82 Å². The molecule has 0 unspecified atom stereocenters. The van der Waals surface area contributed by atoms with E-state index in [1.807, 2.05) is 20.3 Å². The van der Waals surface area contributed by atoms with Gasteiger partial charge in [-0.15, -0.1) is 0 Å². The average Bonchev–Trinajstić information content (AvgIpc) is 2.45. The van der Waals surface area contributed by atoms with Crippen molar-refractivity contribution in [2.75, 3.05) is 24.2 Å². The van der Waals surface area contributed by atoms with Gasteiger partial charge in [-0.05, 0) is 6.42 Å². The first-order valence-electron chi connectivity index (χ1n) is 5.15. The lowest BCUT2D eigenvalue weighted by Crippen LogP contribution is -2.20. The normalized spacial score (nSPS) is 10.5. The summed E-state index contributed by atoms with van der Waals surface area (Å²) in [6, 6.07) is 0. The minimum atomic E-state index is 0.756. The van der Waals surface area contributed by atoms with Gasteiger partial charge >= 0.3 is 0 Å². The van der Waals surface area contributed by atoms with Crippen LogP contribution in [0.25, 0.3) is 0 Å². The number of hydrogen-bond donors (Lipinski definition) is 1. The Balaban J connectivity index is 2.51. The highest BCUT2D eigenvalue weighted by molar-refractivity contribution is 5.61. The van der Waals surface area contributed by atoms with Crippen molar-refractivity contribution in [1.82, 2.24) is 9.78 Å². The number of unbranched alkanes of at least 4 members (excludes halogenated alkanes) is 2. The third-order valence-corrected chi connectivity index (χ3v) is 2.30. The highest BCUT2D eigenvalue weighted by Gasteiger charge is 2.08. The van der Waals surface area contributed by atoms with E-state index >= 15 is 0 Å². The monoisotopic (exact) mass is 196 g/mol. The maximum absolute atomic E-state index is 5.82. The Kier molecular flexibility index (Phi) is 3.80. The standard InChI is InChI=1S/C10H20N4/c1-4-5-6-7-13(2)10-9(11)8-14(3)12-10/h8H,4-7,11H2,1-3H3. The molecule has 2 N–H and O–H groups in total. The molecule has 0 aliphatic rings. The molecular formula is C10H20N4. The summed E-state index contributed by atoms with van der Waals surface area (Å²) >= 11 is 0. The molecule has 0 bridgehead atoms. The maximum atomic E-state index is 5.82. The molecule has 0 amide bonds. The molecule has 0 aliphatic heterocycles. The van der Waals surface area contributed by atoms with Crippen molar-refractivity contribution in [1.29, 1.82) is 0 Å². The van der Waals surface area contributed by atoms with Gasteiger partial charge in [-0.1, -0.05) is 19.8 Å². The van der Waals surface area contributed by atoms with E-state index in [4.69, 9.17) is 5.73 Å². The molecule has 0 saturated carbocycles. The van der Waals surface area contributed by atoms with Gasteiger partial charge in [-0.3, -0.25) is 4.68 Å². The van der Waals surface area contributed by atoms with Crippen LogP contribution < -0.4 is 10.6 Å². The van der Waals surface area contributed by atoms with Gasteiger partial charge in [0.2, 0.25) is 0 Å². The summed E-state index contributed by atoms with van der Waals surface area (Å²) in [7, 11) is 3.92. The lowest BCUT2D eigenvalue weighted by molar-refractivity contribution is 0.691. The molecule has 0 fully saturated rings. The van der Waals surface area contributed by atoms with Crippen molar-refractivity contribution in [3.05, 3.63) is 6.20 Å². The van der Waals surface area contributed by atoms with E-state index in [0.29, 0.717) is 0 Å². The fourth-order valence-electron chi connectivity index (χ4n) is 1.50. The molecule has 0 radical (unpaired) electrons. The smallest absolute Gasteiger partial charge is 0.173 e. The third kappa shape index (κ3) is 2.65. The fourth-order valence-corrected chi connectivity index (χ4v) is 1.50. The molecule has 4 heteroatoms. The third-order valence-electron chi connectivity index (χ3n) is 2.30. The predicted molar refractivity (Wildman–Crippen MR) is 60.4 cm³/mol. The summed E-state index contributed by atoms with van der Waals surface area (Å²) < 4.78 is 1.75. The van der Waals surface area contributed by atoms with Crippen LogP contribution in [0.15, 0.2) is 6.20 Å². The van der Waals surface area contributed by atoms with Crippen molar-refractivity contribution in [3.63, 3.8) is 0 Å². The molecule has 1 rings (SSSR count). The van der Waals surface area contributed by atoms with Crippen LogP contribution in [0, 0.1) is 0 Å². The van der Waals surface area contributed by atoms with E-state index in [1.165, 1.54) is 19.3 Å². The van der Waals surface area contributed by atoms with Crippen molar-refractivity contribution >= 4 is 11.5 Å². The minimum absolute atomic E-state index is 0.756. The second-order valence-corrected chi connectivity index (χ2v) is 3.71. The molecule has 1 heterocycles. The van der Waals surface area contributed by atoms with Crippen molar-refractivity contribution < 1.29 is 0 Å². The van der Waals surface area contributed by atoms with Gasteiger partial charge in [0.05, 0.1) is 5.69 Å². The van der Waals surface area contributed by atoms with E-state index in [2.05, 4.69) is 16.9 Å². The SMILES string of the molecule is CCCCCN(C)c1nn(C)cc1N. The first-order chi connectivity index (χ1) is 6.65. The molecule has 0 spiro atoms.